The van der Waals surface area contributed by atoms with Gasteiger partial charge in [-0.2, -0.15) is 0 Å². The van der Waals surface area contributed by atoms with Crippen molar-refractivity contribution in [1.29, 1.82) is 0 Å². The number of hydrogen-bond acceptors (Lipinski definition) is 4. The summed E-state index contributed by atoms with van der Waals surface area (Å²) in [4.78, 5) is 22.7. The van der Waals surface area contributed by atoms with Crippen LogP contribution in [0.2, 0.25) is 0 Å². The fraction of sp³-hybridized carbons (Fsp3) is 0.176. The van der Waals surface area contributed by atoms with Crippen LogP contribution in [0.4, 0.5) is 11.4 Å². The molecule has 1 atom stereocenters. The number of benzene rings is 2. The molecule has 0 aliphatic carbocycles. The number of thiocarbonyl (C=S) groups is 1. The van der Waals surface area contributed by atoms with Crippen LogP contribution < -0.4 is 16.0 Å². The van der Waals surface area contributed by atoms with E-state index in [4.69, 9.17) is 47.0 Å². The van der Waals surface area contributed by atoms with Crippen molar-refractivity contribution in [3.05, 3.63) is 69.8 Å². The van der Waals surface area contributed by atoms with Gasteiger partial charge in [0.05, 0.1) is 4.92 Å². The number of carbonyl (C=O) groups is 1. The lowest BCUT2D eigenvalue weighted by Crippen LogP contribution is -2.56. The third-order valence-corrected chi connectivity index (χ3v) is 4.38. The Hall–Kier alpha value is -2.13. The van der Waals surface area contributed by atoms with E-state index >= 15 is 0 Å². The van der Waals surface area contributed by atoms with E-state index in [1.165, 1.54) is 18.2 Å². The van der Waals surface area contributed by atoms with Crippen LogP contribution in [0.5, 0.6) is 0 Å². The van der Waals surface area contributed by atoms with Crippen LogP contribution in [0.15, 0.2) is 48.5 Å². The molecular formula is C17H15Cl3N4O3S. The van der Waals surface area contributed by atoms with Gasteiger partial charge in [0.25, 0.3) is 11.6 Å². The number of amides is 1. The predicted octanol–water partition coefficient (Wildman–Crippen LogP) is 4.32. The Morgan fingerprint density at radius 3 is 2.36 bits per heavy atom. The summed E-state index contributed by atoms with van der Waals surface area (Å²) in [6, 6.07) is 12.5. The van der Waals surface area contributed by atoms with Crippen molar-refractivity contribution in [2.24, 2.45) is 0 Å². The lowest BCUT2D eigenvalue weighted by Gasteiger charge is -2.27. The first kappa shape index (κ1) is 22.2. The first-order valence-electron chi connectivity index (χ1n) is 7.82. The highest BCUT2D eigenvalue weighted by Crippen LogP contribution is 2.29. The minimum Gasteiger partial charge on any atom is -0.339 e. The summed E-state index contributed by atoms with van der Waals surface area (Å²) in [5, 5.41) is 18.9. The molecule has 0 radical (unpaired) electrons. The average molecular weight is 462 g/mol. The number of anilines is 1. The molecule has 7 nitrogen and oxygen atoms in total. The third-order valence-electron chi connectivity index (χ3n) is 3.51. The zero-order valence-electron chi connectivity index (χ0n) is 14.4. The van der Waals surface area contributed by atoms with Gasteiger partial charge in [-0.15, -0.1) is 0 Å². The Bertz CT molecular complexity index is 888. The number of nitro benzene ring substituents is 1. The van der Waals surface area contributed by atoms with Crippen LogP contribution in [0, 0.1) is 17.0 Å². The molecule has 2 aromatic carbocycles. The number of carbonyl (C=O) groups excluding carboxylic acids is 1. The summed E-state index contributed by atoms with van der Waals surface area (Å²) >= 11 is 23.0. The van der Waals surface area contributed by atoms with E-state index < -0.39 is 20.8 Å². The fourth-order valence-corrected chi connectivity index (χ4v) is 2.68. The highest BCUT2D eigenvalue weighted by atomic mass is 35.6. The Balaban J connectivity index is 2.08. The SMILES string of the molecule is Cc1ccc(C(=O)N[C@@H](NC(=S)Nc2cccc([N+](=O)[O-])c2)C(Cl)(Cl)Cl)cc1. The van der Waals surface area contributed by atoms with Crippen LogP contribution >= 0.6 is 47.0 Å². The van der Waals surface area contributed by atoms with Crippen LogP contribution in [-0.4, -0.2) is 25.9 Å². The second-order valence-electron chi connectivity index (χ2n) is 5.72. The Labute approximate surface area is 181 Å². The zero-order valence-corrected chi connectivity index (χ0v) is 17.5. The summed E-state index contributed by atoms with van der Waals surface area (Å²) < 4.78 is -1.92. The molecule has 0 saturated carbocycles. The molecule has 148 valence electrons. The highest BCUT2D eigenvalue weighted by Gasteiger charge is 2.35. The molecule has 28 heavy (non-hydrogen) atoms. The molecule has 11 heteroatoms. The lowest BCUT2D eigenvalue weighted by molar-refractivity contribution is -0.384. The van der Waals surface area contributed by atoms with Gasteiger partial charge in [-0.25, -0.2) is 0 Å². The van der Waals surface area contributed by atoms with Crippen LogP contribution in [0.1, 0.15) is 15.9 Å². The number of halogens is 3. The van der Waals surface area contributed by atoms with E-state index in [0.717, 1.165) is 5.56 Å². The Morgan fingerprint density at radius 1 is 1.14 bits per heavy atom. The van der Waals surface area contributed by atoms with Gasteiger partial charge in [-0.3, -0.25) is 14.9 Å². The molecule has 0 aliphatic rings. The van der Waals surface area contributed by atoms with E-state index in [1.807, 2.05) is 6.92 Å². The van der Waals surface area contributed by atoms with Crippen molar-refractivity contribution >= 4 is 69.4 Å². The molecule has 0 heterocycles. The average Bonchev–Trinajstić information content (AvgIpc) is 2.61. The summed E-state index contributed by atoms with van der Waals surface area (Å²) in [6.07, 6.45) is -1.16. The van der Waals surface area contributed by atoms with Gasteiger partial charge < -0.3 is 16.0 Å². The predicted molar refractivity (Wildman–Crippen MR) is 115 cm³/mol. The molecular weight excluding hydrogens is 447 g/mol. The Morgan fingerprint density at radius 2 is 1.79 bits per heavy atom. The molecule has 0 aromatic heterocycles. The maximum absolute atomic E-state index is 12.4. The summed E-state index contributed by atoms with van der Waals surface area (Å²) in [5.74, 6) is -0.470. The van der Waals surface area contributed by atoms with E-state index in [-0.39, 0.29) is 10.8 Å². The van der Waals surface area contributed by atoms with E-state index in [0.29, 0.717) is 11.3 Å². The number of nitro groups is 1. The van der Waals surface area contributed by atoms with Gasteiger partial charge in [-0.05, 0) is 37.3 Å². The van der Waals surface area contributed by atoms with E-state index in [1.54, 1.807) is 30.3 Å². The number of alkyl halides is 3. The standard InChI is InChI=1S/C17H15Cl3N4O3S/c1-10-5-7-11(8-6-10)14(25)22-15(17(18,19)20)23-16(28)21-12-3-2-4-13(9-12)24(26)27/h2-9,15H,1H3,(H,22,25)(H2,21,23,28)/t15-/m0/s1. The number of rotatable bonds is 5. The first-order valence-corrected chi connectivity index (χ1v) is 9.36. The van der Waals surface area contributed by atoms with Crippen molar-refractivity contribution in [3.8, 4) is 0 Å². The van der Waals surface area contributed by atoms with Crippen LogP contribution in [0.3, 0.4) is 0 Å². The van der Waals surface area contributed by atoms with Gasteiger partial charge in [-0.1, -0.05) is 58.6 Å². The molecule has 0 bridgehead atoms. The smallest absolute Gasteiger partial charge is 0.271 e. The Kier molecular flexibility index (Phi) is 7.42. The third kappa shape index (κ3) is 6.49. The molecule has 0 spiro atoms. The van der Waals surface area contributed by atoms with Gasteiger partial charge in [0.15, 0.2) is 5.11 Å². The van der Waals surface area contributed by atoms with Gasteiger partial charge in [0, 0.05) is 23.4 Å². The largest absolute Gasteiger partial charge is 0.339 e. The van der Waals surface area contributed by atoms with Crippen molar-refractivity contribution in [2.45, 2.75) is 16.9 Å². The van der Waals surface area contributed by atoms with Gasteiger partial charge >= 0.3 is 0 Å². The van der Waals surface area contributed by atoms with Crippen molar-refractivity contribution < 1.29 is 9.72 Å². The van der Waals surface area contributed by atoms with E-state index in [2.05, 4.69) is 16.0 Å². The second kappa shape index (κ2) is 9.38. The molecule has 0 fully saturated rings. The second-order valence-corrected chi connectivity index (χ2v) is 8.50. The number of aryl methyl sites for hydroxylation is 1. The molecule has 1 amide bonds. The first-order chi connectivity index (χ1) is 13.1. The number of hydrogen-bond donors (Lipinski definition) is 3. The minimum absolute atomic E-state index is 0.000953. The number of non-ortho nitro benzene ring substituents is 1. The normalized spacial score (nSPS) is 12.0. The lowest BCUT2D eigenvalue weighted by atomic mass is 10.1. The molecule has 3 N–H and O–H groups in total. The van der Waals surface area contributed by atoms with Crippen LogP contribution in [0.25, 0.3) is 0 Å². The van der Waals surface area contributed by atoms with Crippen molar-refractivity contribution in [2.75, 3.05) is 5.32 Å². The van der Waals surface area contributed by atoms with Crippen LogP contribution in [-0.2, 0) is 0 Å². The van der Waals surface area contributed by atoms with Gasteiger partial charge in [0.1, 0.15) is 6.17 Å². The zero-order chi connectivity index (χ0) is 20.9. The summed E-state index contributed by atoms with van der Waals surface area (Å²) in [7, 11) is 0. The maximum atomic E-state index is 12.4. The summed E-state index contributed by atoms with van der Waals surface area (Å²) in [6.45, 7) is 1.89. The van der Waals surface area contributed by atoms with E-state index in [9.17, 15) is 14.9 Å². The maximum Gasteiger partial charge on any atom is 0.271 e. The molecule has 0 saturated heterocycles. The summed E-state index contributed by atoms with van der Waals surface area (Å²) in [5.41, 5.74) is 1.62. The molecule has 2 aromatic rings. The fourth-order valence-electron chi connectivity index (χ4n) is 2.11. The molecule has 0 unspecified atom stereocenters. The van der Waals surface area contributed by atoms with Crippen molar-refractivity contribution in [3.63, 3.8) is 0 Å². The molecule has 2 rings (SSSR count). The number of nitrogens with zero attached hydrogens (tertiary/aromatic N) is 1. The number of nitrogens with one attached hydrogen (secondary N) is 3. The topological polar surface area (TPSA) is 96.3 Å². The monoisotopic (exact) mass is 460 g/mol. The quantitative estimate of drug-likeness (QED) is 0.202. The highest BCUT2D eigenvalue weighted by molar-refractivity contribution is 7.80. The minimum atomic E-state index is -1.92. The molecule has 0 aliphatic heterocycles. The van der Waals surface area contributed by atoms with Gasteiger partial charge in [0.2, 0.25) is 3.79 Å². The van der Waals surface area contributed by atoms with Crippen molar-refractivity contribution in [1.82, 2.24) is 10.6 Å².